The highest BCUT2D eigenvalue weighted by Crippen LogP contribution is 2.31. The minimum atomic E-state index is -1.67. The molecular weight excluding hydrogens is 438 g/mol. The third kappa shape index (κ3) is 4.21. The van der Waals surface area contributed by atoms with E-state index >= 15 is 0 Å². The van der Waals surface area contributed by atoms with Crippen LogP contribution in [0.5, 0.6) is 0 Å². The van der Waals surface area contributed by atoms with E-state index in [2.05, 4.69) is 20.5 Å². The molecule has 0 aliphatic carbocycles. The summed E-state index contributed by atoms with van der Waals surface area (Å²) in [5, 5.41) is 20.8. The second-order valence-electron chi connectivity index (χ2n) is 6.37. The first-order valence-electron chi connectivity index (χ1n) is 8.74. The Hall–Kier alpha value is -3.50. The van der Waals surface area contributed by atoms with E-state index in [0.29, 0.717) is 6.07 Å². The standard InChI is InChI=1S/C20H12ClF4N5O/c21-15-6-11(9-26-19(15)30-27-3-4-28-30)29-20(31)14-8-17(24)13(7-18(14)25)12-2-1-10(22)5-16(12)23/h1-9,20,29,31H. The number of aromatic nitrogens is 4. The summed E-state index contributed by atoms with van der Waals surface area (Å²) in [4.78, 5) is 5.26. The second kappa shape index (κ2) is 8.32. The summed E-state index contributed by atoms with van der Waals surface area (Å²) in [6, 6.07) is 5.34. The molecule has 2 aromatic carbocycles. The fourth-order valence-electron chi connectivity index (χ4n) is 2.90. The SMILES string of the molecule is OC(Nc1cnc(-n2nccn2)c(Cl)c1)c1cc(F)c(-c2ccc(F)cc2F)cc1F. The molecule has 6 nitrogen and oxygen atoms in total. The van der Waals surface area contributed by atoms with E-state index in [0.717, 1.165) is 24.3 Å². The fraction of sp³-hybridized carbons (Fsp3) is 0.0500. The zero-order valence-electron chi connectivity index (χ0n) is 15.4. The van der Waals surface area contributed by atoms with E-state index in [1.807, 2.05) is 0 Å². The van der Waals surface area contributed by atoms with Gasteiger partial charge in [-0.2, -0.15) is 10.2 Å². The van der Waals surface area contributed by atoms with Crippen molar-refractivity contribution in [2.24, 2.45) is 0 Å². The number of anilines is 1. The molecule has 4 rings (SSSR count). The van der Waals surface area contributed by atoms with E-state index in [4.69, 9.17) is 11.6 Å². The first-order valence-corrected chi connectivity index (χ1v) is 9.12. The molecule has 0 saturated carbocycles. The molecule has 4 aromatic rings. The van der Waals surface area contributed by atoms with Crippen LogP contribution in [-0.4, -0.2) is 25.1 Å². The lowest BCUT2D eigenvalue weighted by atomic mass is 10.0. The van der Waals surface area contributed by atoms with Crippen LogP contribution in [0, 0.1) is 23.3 Å². The largest absolute Gasteiger partial charge is 0.369 e. The predicted octanol–water partition coefficient (Wildman–Crippen LogP) is 4.64. The Bertz CT molecular complexity index is 1250. The number of pyridine rings is 1. The van der Waals surface area contributed by atoms with Crippen LogP contribution in [0.3, 0.4) is 0 Å². The molecule has 0 amide bonds. The molecule has 2 N–H and O–H groups in total. The average Bonchev–Trinajstić information content (AvgIpc) is 3.24. The summed E-state index contributed by atoms with van der Waals surface area (Å²) in [5.41, 5.74) is -0.947. The van der Waals surface area contributed by atoms with Gasteiger partial charge in [-0.05, 0) is 30.3 Å². The number of aliphatic hydroxyl groups is 1. The van der Waals surface area contributed by atoms with Gasteiger partial charge in [0.05, 0.1) is 29.3 Å². The molecule has 0 saturated heterocycles. The molecule has 1 unspecified atom stereocenters. The summed E-state index contributed by atoms with van der Waals surface area (Å²) in [5.74, 6) is -3.66. The third-order valence-electron chi connectivity index (χ3n) is 4.34. The van der Waals surface area contributed by atoms with Crippen LogP contribution in [0.1, 0.15) is 11.8 Å². The quantitative estimate of drug-likeness (QED) is 0.343. The molecule has 2 aromatic heterocycles. The molecule has 0 spiro atoms. The maximum absolute atomic E-state index is 14.6. The van der Waals surface area contributed by atoms with Gasteiger partial charge < -0.3 is 10.4 Å². The number of benzene rings is 2. The normalized spacial score (nSPS) is 12.1. The van der Waals surface area contributed by atoms with Gasteiger partial charge in [0, 0.05) is 22.8 Å². The van der Waals surface area contributed by atoms with Crippen molar-refractivity contribution in [3.8, 4) is 16.9 Å². The van der Waals surface area contributed by atoms with Crippen molar-refractivity contribution in [1.82, 2.24) is 20.0 Å². The van der Waals surface area contributed by atoms with Gasteiger partial charge in [-0.1, -0.05) is 11.6 Å². The van der Waals surface area contributed by atoms with Gasteiger partial charge in [-0.15, -0.1) is 4.80 Å². The Morgan fingerprint density at radius 1 is 0.903 bits per heavy atom. The molecule has 0 aliphatic rings. The Kier molecular flexibility index (Phi) is 5.57. The highest BCUT2D eigenvalue weighted by molar-refractivity contribution is 6.32. The molecule has 1 atom stereocenters. The number of nitrogens with one attached hydrogen (secondary N) is 1. The maximum Gasteiger partial charge on any atom is 0.193 e. The molecular formula is C20H12ClF4N5O. The Labute approximate surface area is 177 Å². The maximum atomic E-state index is 14.6. The van der Waals surface area contributed by atoms with Gasteiger partial charge in [0.2, 0.25) is 0 Å². The Morgan fingerprint density at radius 3 is 2.29 bits per heavy atom. The van der Waals surface area contributed by atoms with Crippen molar-refractivity contribution in [2.75, 3.05) is 5.32 Å². The average molecular weight is 450 g/mol. The van der Waals surface area contributed by atoms with Crippen LogP contribution < -0.4 is 5.32 Å². The van der Waals surface area contributed by atoms with E-state index in [-0.39, 0.29) is 22.1 Å². The molecule has 0 fully saturated rings. The molecule has 11 heteroatoms. The second-order valence-corrected chi connectivity index (χ2v) is 6.78. The van der Waals surface area contributed by atoms with Crippen molar-refractivity contribution in [3.63, 3.8) is 0 Å². The smallest absolute Gasteiger partial charge is 0.193 e. The highest BCUT2D eigenvalue weighted by Gasteiger charge is 2.20. The van der Waals surface area contributed by atoms with E-state index in [1.165, 1.54) is 29.5 Å². The van der Waals surface area contributed by atoms with Crippen molar-refractivity contribution < 1.29 is 22.7 Å². The van der Waals surface area contributed by atoms with Gasteiger partial charge in [0.25, 0.3) is 0 Å². The summed E-state index contributed by atoms with van der Waals surface area (Å²) < 4.78 is 56.2. The highest BCUT2D eigenvalue weighted by atomic mass is 35.5. The van der Waals surface area contributed by atoms with Gasteiger partial charge in [-0.3, -0.25) is 0 Å². The van der Waals surface area contributed by atoms with Crippen LogP contribution in [0.4, 0.5) is 23.2 Å². The fourth-order valence-corrected chi connectivity index (χ4v) is 3.15. The van der Waals surface area contributed by atoms with Gasteiger partial charge >= 0.3 is 0 Å². The van der Waals surface area contributed by atoms with Crippen LogP contribution >= 0.6 is 11.6 Å². The first kappa shape index (κ1) is 20.8. The molecule has 158 valence electrons. The molecule has 0 radical (unpaired) electrons. The van der Waals surface area contributed by atoms with Crippen LogP contribution in [0.25, 0.3) is 16.9 Å². The van der Waals surface area contributed by atoms with E-state index in [1.54, 1.807) is 0 Å². The third-order valence-corrected chi connectivity index (χ3v) is 4.61. The predicted molar refractivity (Wildman–Crippen MR) is 104 cm³/mol. The first-order chi connectivity index (χ1) is 14.8. The monoisotopic (exact) mass is 449 g/mol. The molecule has 0 bridgehead atoms. The molecule has 31 heavy (non-hydrogen) atoms. The van der Waals surface area contributed by atoms with Crippen LogP contribution in [0.15, 0.2) is 55.0 Å². The molecule has 0 aliphatic heterocycles. The lowest BCUT2D eigenvalue weighted by Crippen LogP contribution is -2.13. The summed E-state index contributed by atoms with van der Waals surface area (Å²) in [7, 11) is 0. The topological polar surface area (TPSA) is 75.9 Å². The van der Waals surface area contributed by atoms with Crippen LogP contribution in [-0.2, 0) is 0 Å². The number of hydrogen-bond donors (Lipinski definition) is 2. The van der Waals surface area contributed by atoms with Crippen LogP contribution in [0.2, 0.25) is 5.02 Å². The zero-order chi connectivity index (χ0) is 22.1. The molecule has 2 heterocycles. The van der Waals surface area contributed by atoms with Crippen molar-refractivity contribution in [1.29, 1.82) is 0 Å². The van der Waals surface area contributed by atoms with Crippen molar-refractivity contribution >= 4 is 17.3 Å². The van der Waals surface area contributed by atoms with Gasteiger partial charge in [-0.25, -0.2) is 22.5 Å². The summed E-state index contributed by atoms with van der Waals surface area (Å²) in [6.45, 7) is 0. The van der Waals surface area contributed by atoms with E-state index < -0.39 is 40.6 Å². The lowest BCUT2D eigenvalue weighted by molar-refractivity contribution is 0.202. The summed E-state index contributed by atoms with van der Waals surface area (Å²) in [6.07, 6.45) is 2.50. The Morgan fingerprint density at radius 2 is 1.61 bits per heavy atom. The van der Waals surface area contributed by atoms with Crippen molar-refractivity contribution in [2.45, 2.75) is 6.23 Å². The van der Waals surface area contributed by atoms with Gasteiger partial charge in [0.15, 0.2) is 12.0 Å². The number of rotatable bonds is 5. The number of hydrogen-bond acceptors (Lipinski definition) is 5. The van der Waals surface area contributed by atoms with E-state index in [9.17, 15) is 22.7 Å². The van der Waals surface area contributed by atoms with Crippen molar-refractivity contribution in [3.05, 3.63) is 88.8 Å². The lowest BCUT2D eigenvalue weighted by Gasteiger charge is -2.17. The minimum absolute atomic E-state index is 0.141. The Balaban J connectivity index is 1.60. The zero-order valence-corrected chi connectivity index (χ0v) is 16.2. The number of nitrogens with zero attached hydrogens (tertiary/aromatic N) is 4. The summed E-state index contributed by atoms with van der Waals surface area (Å²) >= 11 is 6.14. The number of halogens is 5. The number of aliphatic hydroxyl groups excluding tert-OH is 1. The minimum Gasteiger partial charge on any atom is -0.369 e. The van der Waals surface area contributed by atoms with Gasteiger partial charge in [0.1, 0.15) is 23.3 Å².